The van der Waals surface area contributed by atoms with E-state index in [1.165, 1.54) is 11.3 Å². The van der Waals surface area contributed by atoms with Crippen LogP contribution in [0.2, 0.25) is 0 Å². The van der Waals surface area contributed by atoms with Crippen molar-refractivity contribution in [1.82, 2.24) is 15.2 Å². The van der Waals surface area contributed by atoms with Crippen molar-refractivity contribution in [3.05, 3.63) is 83.4 Å². The summed E-state index contributed by atoms with van der Waals surface area (Å²) in [6.45, 7) is 3.08. The zero-order valence-corrected chi connectivity index (χ0v) is 24.5. The van der Waals surface area contributed by atoms with E-state index in [9.17, 15) is 14.4 Å². The molecule has 10 heteroatoms. The van der Waals surface area contributed by atoms with E-state index in [4.69, 9.17) is 4.74 Å². The lowest BCUT2D eigenvalue weighted by Gasteiger charge is -2.32. The highest BCUT2D eigenvalue weighted by Gasteiger charge is 2.34. The summed E-state index contributed by atoms with van der Waals surface area (Å²) in [7, 11) is 0. The standard InChI is InChI=1S/C33H31N5O4S/c1-20-18-24(42-23-7-3-2-4-8-23)12-13-25(20)38-26-15-16-34-32-28(26)29(36-33(38)41)30(43-32)31(40)35-22-6-5-17-37(19-22)27(39)14-11-21-9-10-21/h2-4,7-8,11-16,18,21-22H,5-6,9-10,17,19H2,1H3,(H,35,40)(H,36,41)/b14-11+/t22-/m1/s1. The van der Waals surface area contributed by atoms with Crippen LogP contribution in [0.1, 0.15) is 40.9 Å². The molecule has 4 amide bonds. The molecule has 4 aromatic rings. The number of amides is 4. The van der Waals surface area contributed by atoms with Crippen LogP contribution < -0.4 is 20.3 Å². The summed E-state index contributed by atoms with van der Waals surface area (Å²) in [5.74, 6) is 1.66. The van der Waals surface area contributed by atoms with E-state index in [-0.39, 0.29) is 23.9 Å². The predicted octanol–water partition coefficient (Wildman–Crippen LogP) is 6.77. The number of carbonyl (C=O) groups is 3. The molecule has 2 aliphatic heterocycles. The summed E-state index contributed by atoms with van der Waals surface area (Å²) in [6, 6.07) is 16.4. The molecule has 43 heavy (non-hydrogen) atoms. The molecule has 9 nitrogen and oxygen atoms in total. The average molecular weight is 594 g/mol. The maximum absolute atomic E-state index is 13.6. The number of nitrogens with one attached hydrogen (secondary N) is 2. The Hall–Kier alpha value is -4.70. The molecule has 2 aromatic carbocycles. The molecule has 2 fully saturated rings. The van der Waals surface area contributed by atoms with E-state index in [0.717, 1.165) is 42.4 Å². The monoisotopic (exact) mass is 593 g/mol. The number of aromatic nitrogens is 1. The first-order valence-electron chi connectivity index (χ1n) is 14.6. The van der Waals surface area contributed by atoms with Gasteiger partial charge >= 0.3 is 6.03 Å². The van der Waals surface area contributed by atoms with Gasteiger partial charge in [0, 0.05) is 25.3 Å². The third kappa shape index (κ3) is 5.46. The van der Waals surface area contributed by atoms with Crippen LogP contribution in [0.5, 0.6) is 11.5 Å². The number of thiophene rings is 1. The highest BCUT2D eigenvalue weighted by Crippen LogP contribution is 2.46. The number of anilines is 3. The Balaban J connectivity index is 1.13. The molecule has 218 valence electrons. The lowest BCUT2D eigenvalue weighted by atomic mass is 10.0. The van der Waals surface area contributed by atoms with Crippen LogP contribution in [-0.4, -0.2) is 46.9 Å². The Morgan fingerprint density at radius 1 is 1.07 bits per heavy atom. The summed E-state index contributed by atoms with van der Waals surface area (Å²) in [6.07, 6.45) is 9.25. The second-order valence-electron chi connectivity index (χ2n) is 11.2. The second-order valence-corrected chi connectivity index (χ2v) is 12.2. The summed E-state index contributed by atoms with van der Waals surface area (Å²) in [4.78, 5) is 48.9. The van der Waals surface area contributed by atoms with Crippen LogP contribution >= 0.6 is 11.3 Å². The minimum absolute atomic E-state index is 0.000968. The molecular formula is C33H31N5O4S. The van der Waals surface area contributed by atoms with Crippen LogP contribution in [0, 0.1) is 12.8 Å². The van der Waals surface area contributed by atoms with Crippen molar-refractivity contribution in [3.8, 4) is 11.5 Å². The summed E-state index contributed by atoms with van der Waals surface area (Å²) in [5, 5.41) is 6.82. The minimum Gasteiger partial charge on any atom is -0.457 e. The Labute approximate surface area is 253 Å². The Kier molecular flexibility index (Phi) is 7.06. The number of hydrogen-bond acceptors (Lipinski definition) is 6. The van der Waals surface area contributed by atoms with Gasteiger partial charge < -0.3 is 20.3 Å². The number of nitrogens with zero attached hydrogens (tertiary/aromatic N) is 3. The van der Waals surface area contributed by atoms with Gasteiger partial charge in [-0.2, -0.15) is 0 Å². The van der Waals surface area contributed by atoms with Crippen molar-refractivity contribution in [2.45, 2.75) is 38.6 Å². The molecule has 7 rings (SSSR count). The largest absolute Gasteiger partial charge is 0.457 e. The fourth-order valence-electron chi connectivity index (χ4n) is 5.71. The molecular weight excluding hydrogens is 562 g/mol. The number of ether oxygens (including phenoxy) is 1. The number of likely N-dealkylation sites (tertiary alicyclic amines) is 1. The molecule has 4 heterocycles. The number of piperidine rings is 1. The van der Waals surface area contributed by atoms with Crippen LogP contribution in [0.4, 0.5) is 21.9 Å². The molecule has 0 spiro atoms. The SMILES string of the molecule is Cc1cc(Oc2ccccc2)ccc1N1C(=O)Nc2c(C(=O)N[C@@H]3CCCN(C(=O)/C=C/C4CC4)C3)sc3nccc1c23. The van der Waals surface area contributed by atoms with Gasteiger partial charge in [-0.25, -0.2) is 9.78 Å². The number of carbonyl (C=O) groups excluding carboxylic acids is 3. The van der Waals surface area contributed by atoms with Crippen molar-refractivity contribution >= 4 is 56.5 Å². The van der Waals surface area contributed by atoms with E-state index in [1.54, 1.807) is 28.1 Å². The van der Waals surface area contributed by atoms with Gasteiger partial charge in [-0.05, 0) is 86.6 Å². The minimum atomic E-state index is -0.357. The number of aryl methyl sites for hydroxylation is 1. The third-order valence-corrected chi connectivity index (χ3v) is 9.14. The van der Waals surface area contributed by atoms with Crippen LogP contribution in [0.15, 0.2) is 72.9 Å². The highest BCUT2D eigenvalue weighted by atomic mass is 32.1. The van der Waals surface area contributed by atoms with Gasteiger partial charge in [-0.15, -0.1) is 11.3 Å². The van der Waals surface area contributed by atoms with Gasteiger partial charge in [0.25, 0.3) is 5.91 Å². The number of pyridine rings is 1. The fraction of sp³-hybridized carbons (Fsp3) is 0.273. The second kappa shape index (κ2) is 11.2. The molecule has 1 atom stereocenters. The Morgan fingerprint density at radius 2 is 1.91 bits per heavy atom. The first-order valence-corrected chi connectivity index (χ1v) is 15.4. The summed E-state index contributed by atoms with van der Waals surface area (Å²) < 4.78 is 5.98. The number of urea groups is 1. The van der Waals surface area contributed by atoms with E-state index in [1.807, 2.05) is 61.5 Å². The first kappa shape index (κ1) is 27.2. The molecule has 0 radical (unpaired) electrons. The number of rotatable bonds is 7. The fourth-order valence-corrected chi connectivity index (χ4v) is 6.73. The Morgan fingerprint density at radius 3 is 2.70 bits per heavy atom. The average Bonchev–Trinajstić information content (AvgIpc) is 3.77. The zero-order chi connectivity index (χ0) is 29.5. The molecule has 3 aliphatic rings. The number of benzene rings is 2. The summed E-state index contributed by atoms with van der Waals surface area (Å²) in [5.41, 5.74) is 2.69. The molecule has 1 saturated heterocycles. The van der Waals surface area contributed by atoms with Crippen LogP contribution in [-0.2, 0) is 4.79 Å². The maximum Gasteiger partial charge on any atom is 0.331 e. The van der Waals surface area contributed by atoms with Crippen molar-refractivity contribution in [3.63, 3.8) is 0 Å². The van der Waals surface area contributed by atoms with Crippen molar-refractivity contribution in [1.29, 1.82) is 0 Å². The molecule has 1 saturated carbocycles. The van der Waals surface area contributed by atoms with Crippen LogP contribution in [0.3, 0.4) is 0 Å². The molecule has 0 unspecified atom stereocenters. The maximum atomic E-state index is 13.6. The van der Waals surface area contributed by atoms with Gasteiger partial charge in [0.05, 0.1) is 22.4 Å². The number of para-hydroxylation sites is 1. The van der Waals surface area contributed by atoms with Crippen molar-refractivity contribution in [2.24, 2.45) is 5.92 Å². The van der Waals surface area contributed by atoms with Crippen molar-refractivity contribution < 1.29 is 19.1 Å². The van der Waals surface area contributed by atoms with E-state index >= 15 is 0 Å². The molecule has 1 aliphatic carbocycles. The van der Waals surface area contributed by atoms with E-state index in [2.05, 4.69) is 15.6 Å². The molecule has 2 N–H and O–H groups in total. The normalized spacial score (nSPS) is 18.2. The topological polar surface area (TPSA) is 104 Å². The highest BCUT2D eigenvalue weighted by molar-refractivity contribution is 7.21. The van der Waals surface area contributed by atoms with Crippen LogP contribution in [0.25, 0.3) is 10.2 Å². The predicted molar refractivity (Wildman–Crippen MR) is 167 cm³/mol. The molecule has 2 aromatic heterocycles. The van der Waals surface area contributed by atoms with Gasteiger partial charge in [-0.3, -0.25) is 14.5 Å². The lowest BCUT2D eigenvalue weighted by Crippen LogP contribution is -2.49. The number of allylic oxidation sites excluding steroid dienone is 1. The van der Waals surface area contributed by atoms with E-state index in [0.29, 0.717) is 51.5 Å². The number of hydrogen-bond donors (Lipinski definition) is 2. The quantitative estimate of drug-likeness (QED) is 0.230. The molecule has 0 bridgehead atoms. The smallest absolute Gasteiger partial charge is 0.331 e. The van der Waals surface area contributed by atoms with Gasteiger partial charge in [0.15, 0.2) is 0 Å². The van der Waals surface area contributed by atoms with Gasteiger partial charge in [0.2, 0.25) is 5.91 Å². The van der Waals surface area contributed by atoms with Gasteiger partial charge in [0.1, 0.15) is 21.2 Å². The third-order valence-electron chi connectivity index (χ3n) is 8.04. The summed E-state index contributed by atoms with van der Waals surface area (Å²) >= 11 is 1.26. The Bertz CT molecular complexity index is 1760. The van der Waals surface area contributed by atoms with E-state index < -0.39 is 0 Å². The van der Waals surface area contributed by atoms with Crippen molar-refractivity contribution in [2.75, 3.05) is 23.3 Å². The zero-order valence-electron chi connectivity index (χ0n) is 23.7. The lowest BCUT2D eigenvalue weighted by molar-refractivity contribution is -0.127. The first-order chi connectivity index (χ1) is 20.9. The van der Waals surface area contributed by atoms with Gasteiger partial charge in [-0.1, -0.05) is 24.3 Å².